The van der Waals surface area contributed by atoms with E-state index in [-0.39, 0.29) is 18.2 Å². The first-order valence-electron chi connectivity index (χ1n) is 10.4. The number of para-hydroxylation sites is 1. The van der Waals surface area contributed by atoms with E-state index >= 15 is 0 Å². The van der Waals surface area contributed by atoms with E-state index < -0.39 is 12.2 Å². The third kappa shape index (κ3) is 4.10. The normalized spacial score (nSPS) is 24.8. The van der Waals surface area contributed by atoms with Gasteiger partial charge in [-0.2, -0.15) is 0 Å². The lowest BCUT2D eigenvalue weighted by Crippen LogP contribution is -2.91. The summed E-state index contributed by atoms with van der Waals surface area (Å²) in [7, 11) is 1.60. The van der Waals surface area contributed by atoms with Gasteiger partial charge in [0, 0.05) is 28.4 Å². The molecule has 2 aliphatic heterocycles. The fourth-order valence-electron chi connectivity index (χ4n) is 4.33. The number of rotatable bonds is 6. The number of aromatic nitrogens is 1. The number of quaternary nitrogens is 1. The van der Waals surface area contributed by atoms with Crippen LogP contribution in [0.1, 0.15) is 5.56 Å². The number of methoxy groups -OCH3 is 1. The molecule has 2 aromatic carbocycles. The average molecular weight is 424 g/mol. The molecule has 3 aromatic rings. The average Bonchev–Trinajstić information content (AvgIpc) is 3.49. The van der Waals surface area contributed by atoms with Crippen LogP contribution in [0.15, 0.2) is 54.7 Å². The van der Waals surface area contributed by atoms with Gasteiger partial charge >= 0.3 is 6.09 Å². The molecule has 4 atom stereocenters. The van der Waals surface area contributed by atoms with E-state index in [2.05, 4.69) is 33.9 Å². The summed E-state index contributed by atoms with van der Waals surface area (Å²) in [5.41, 5.74) is 3.03. The number of carbonyl (C=O) groups excluding carboxylic acids is 1. The van der Waals surface area contributed by atoms with Gasteiger partial charge in [-0.15, -0.1) is 0 Å². The van der Waals surface area contributed by atoms with Crippen molar-refractivity contribution in [1.82, 2.24) is 4.98 Å². The maximum Gasteiger partial charge on any atom is 0.412 e. The van der Waals surface area contributed by atoms with Crippen LogP contribution in [0.3, 0.4) is 0 Å². The van der Waals surface area contributed by atoms with Gasteiger partial charge in [0.05, 0.1) is 13.7 Å². The van der Waals surface area contributed by atoms with Gasteiger partial charge in [0.1, 0.15) is 37.2 Å². The Morgan fingerprint density at radius 2 is 1.94 bits per heavy atom. The van der Waals surface area contributed by atoms with Crippen LogP contribution < -0.4 is 15.4 Å². The molecule has 0 radical (unpaired) electrons. The van der Waals surface area contributed by atoms with E-state index in [1.54, 1.807) is 31.4 Å². The molecule has 2 fully saturated rings. The molecule has 31 heavy (non-hydrogen) atoms. The number of amides is 1. The van der Waals surface area contributed by atoms with Crippen molar-refractivity contribution in [2.75, 3.05) is 25.6 Å². The highest BCUT2D eigenvalue weighted by molar-refractivity contribution is 5.85. The molecule has 0 unspecified atom stereocenters. The molecule has 0 aliphatic carbocycles. The monoisotopic (exact) mass is 424 g/mol. The van der Waals surface area contributed by atoms with Crippen LogP contribution in [0.5, 0.6) is 5.75 Å². The van der Waals surface area contributed by atoms with Crippen LogP contribution in [-0.2, 0) is 20.8 Å². The molecule has 2 aliphatic rings. The third-order valence-electron chi connectivity index (χ3n) is 5.96. The summed E-state index contributed by atoms with van der Waals surface area (Å²) in [5.74, 6) is 0.722. The molecule has 5 rings (SSSR count). The van der Waals surface area contributed by atoms with Gasteiger partial charge in [-0.3, -0.25) is 5.32 Å². The number of benzene rings is 2. The smallest absolute Gasteiger partial charge is 0.412 e. The van der Waals surface area contributed by atoms with Gasteiger partial charge in [0.15, 0.2) is 6.10 Å². The second-order valence-electron chi connectivity index (χ2n) is 7.86. The first kappa shape index (κ1) is 19.9. The van der Waals surface area contributed by atoms with Gasteiger partial charge in [-0.25, -0.2) is 4.79 Å². The van der Waals surface area contributed by atoms with Crippen molar-refractivity contribution in [2.45, 2.75) is 30.9 Å². The molecule has 4 N–H and O–H groups in total. The topological polar surface area (TPSA) is 98.4 Å². The number of carbonyl (C=O) groups is 1. The molecule has 0 bridgehead atoms. The maximum absolute atomic E-state index is 12.3. The molecule has 1 aromatic heterocycles. The molecule has 162 valence electrons. The van der Waals surface area contributed by atoms with Crippen LogP contribution in [-0.4, -0.2) is 55.8 Å². The Morgan fingerprint density at radius 1 is 1.13 bits per heavy atom. The zero-order valence-electron chi connectivity index (χ0n) is 17.2. The minimum Gasteiger partial charge on any atom is -0.497 e. The number of fused-ring (bicyclic) bond motifs is 2. The van der Waals surface area contributed by atoms with Crippen LogP contribution in [0, 0.1) is 0 Å². The van der Waals surface area contributed by atoms with Crippen molar-refractivity contribution in [3.05, 3.63) is 60.3 Å². The lowest BCUT2D eigenvalue weighted by atomic mass is 10.1. The lowest BCUT2D eigenvalue weighted by molar-refractivity contribution is -0.707. The van der Waals surface area contributed by atoms with E-state index in [1.807, 2.05) is 12.1 Å². The Labute approximate surface area is 179 Å². The van der Waals surface area contributed by atoms with Crippen LogP contribution in [0.25, 0.3) is 10.9 Å². The van der Waals surface area contributed by atoms with Crippen molar-refractivity contribution in [2.24, 2.45) is 0 Å². The number of nitrogens with two attached hydrogens (primary N) is 1. The van der Waals surface area contributed by atoms with E-state index in [1.165, 1.54) is 10.9 Å². The van der Waals surface area contributed by atoms with E-state index in [9.17, 15) is 4.79 Å². The summed E-state index contributed by atoms with van der Waals surface area (Å²) in [6, 6.07) is 15.5. The summed E-state index contributed by atoms with van der Waals surface area (Å²) in [4.78, 5) is 15.6. The molecule has 2 saturated heterocycles. The quantitative estimate of drug-likeness (QED) is 0.562. The van der Waals surface area contributed by atoms with Crippen molar-refractivity contribution < 1.29 is 29.1 Å². The Hall–Kier alpha value is -3.07. The van der Waals surface area contributed by atoms with E-state index in [0.29, 0.717) is 18.9 Å². The highest BCUT2D eigenvalue weighted by Gasteiger charge is 2.51. The predicted molar refractivity (Wildman–Crippen MR) is 114 cm³/mol. The number of nitrogens with one attached hydrogen (secondary N) is 2. The fraction of sp³-hybridized carbons (Fsp3) is 0.348. The Bertz CT molecular complexity index is 1050. The highest BCUT2D eigenvalue weighted by atomic mass is 16.6. The Morgan fingerprint density at radius 3 is 2.77 bits per heavy atom. The minimum atomic E-state index is -0.519. The molecule has 8 nitrogen and oxygen atoms in total. The molecule has 1 amide bonds. The standard InChI is InChI=1S/C23H25N3O5/c1-28-16-8-6-15(7-9-16)26-23(27)31-20-13-30-21-19(12-29-22(20)21)25-11-14-10-24-18-5-3-2-4-17(14)18/h2-10,19-22,24-25H,11-13H2,1H3,(H,26,27)/p+1/t19-,20+,21+,22+/m0/s1. The van der Waals surface area contributed by atoms with Crippen molar-refractivity contribution in [3.8, 4) is 5.75 Å². The summed E-state index contributed by atoms with van der Waals surface area (Å²) >= 11 is 0. The highest BCUT2D eigenvalue weighted by Crippen LogP contribution is 2.28. The summed E-state index contributed by atoms with van der Waals surface area (Å²) < 4.78 is 22.6. The first-order chi connectivity index (χ1) is 15.2. The van der Waals surface area contributed by atoms with Crippen molar-refractivity contribution >= 4 is 22.7 Å². The summed E-state index contributed by atoms with van der Waals surface area (Å²) in [6.07, 6.45) is 0.776. The van der Waals surface area contributed by atoms with Crippen LogP contribution in [0.4, 0.5) is 10.5 Å². The largest absolute Gasteiger partial charge is 0.497 e. The first-order valence-corrected chi connectivity index (χ1v) is 10.4. The molecule has 8 heteroatoms. The summed E-state index contributed by atoms with van der Waals surface area (Å²) in [5, 5.41) is 6.22. The molecule has 0 spiro atoms. The SMILES string of the molecule is COc1ccc(NC(=O)O[C@@H]2CO[C@H]3[C@@H]2OC[C@@H]3[NH2+]Cc2c[nH]c3ccccc23)cc1. The molecular formula is C23H26N3O5+. The van der Waals surface area contributed by atoms with Crippen LogP contribution in [0.2, 0.25) is 0 Å². The predicted octanol–water partition coefficient (Wildman–Crippen LogP) is 2.02. The van der Waals surface area contributed by atoms with Crippen molar-refractivity contribution in [1.29, 1.82) is 0 Å². The number of aromatic amines is 1. The van der Waals surface area contributed by atoms with E-state index in [0.717, 1.165) is 17.8 Å². The third-order valence-corrected chi connectivity index (χ3v) is 5.96. The van der Waals surface area contributed by atoms with E-state index in [4.69, 9.17) is 18.9 Å². The zero-order chi connectivity index (χ0) is 21.2. The van der Waals surface area contributed by atoms with Gasteiger partial charge in [0.2, 0.25) is 0 Å². The lowest BCUT2D eigenvalue weighted by Gasteiger charge is -2.17. The Balaban J connectivity index is 1.14. The number of hydrogen-bond acceptors (Lipinski definition) is 5. The maximum atomic E-state index is 12.3. The van der Waals surface area contributed by atoms with Gasteiger partial charge in [-0.1, -0.05) is 18.2 Å². The van der Waals surface area contributed by atoms with Crippen molar-refractivity contribution in [3.63, 3.8) is 0 Å². The van der Waals surface area contributed by atoms with Gasteiger partial charge in [-0.05, 0) is 30.3 Å². The van der Waals surface area contributed by atoms with Gasteiger partial charge < -0.3 is 29.2 Å². The fourth-order valence-corrected chi connectivity index (χ4v) is 4.33. The zero-order valence-corrected chi connectivity index (χ0v) is 17.2. The number of ether oxygens (including phenoxy) is 4. The number of anilines is 1. The molecular weight excluding hydrogens is 398 g/mol. The Kier molecular flexibility index (Phi) is 5.50. The second kappa shape index (κ2) is 8.58. The molecule has 0 saturated carbocycles. The number of H-pyrrole nitrogens is 1. The number of hydrogen-bond donors (Lipinski definition) is 3. The van der Waals surface area contributed by atoms with Crippen LogP contribution >= 0.6 is 0 Å². The second-order valence-corrected chi connectivity index (χ2v) is 7.86. The molecule has 3 heterocycles. The van der Waals surface area contributed by atoms with Gasteiger partial charge in [0.25, 0.3) is 0 Å². The minimum absolute atomic E-state index is 0.0935. The summed E-state index contributed by atoms with van der Waals surface area (Å²) in [6.45, 7) is 1.73.